The van der Waals surface area contributed by atoms with Crippen molar-refractivity contribution < 1.29 is 0 Å². The second-order valence-corrected chi connectivity index (χ2v) is 4.59. The van der Waals surface area contributed by atoms with Gasteiger partial charge in [-0.05, 0) is 37.4 Å². The number of hydrogen-bond acceptors (Lipinski definition) is 2. The van der Waals surface area contributed by atoms with Gasteiger partial charge in [-0.3, -0.25) is 9.88 Å². The van der Waals surface area contributed by atoms with Gasteiger partial charge in [0.25, 0.3) is 0 Å². The second kappa shape index (κ2) is 3.46. The fourth-order valence-corrected chi connectivity index (χ4v) is 2.97. The molecule has 2 heteroatoms. The molecule has 2 bridgehead atoms. The molecular formula is C13H16N2. The van der Waals surface area contributed by atoms with Crippen molar-refractivity contribution in [1.82, 2.24) is 9.88 Å². The van der Waals surface area contributed by atoms with E-state index in [1.165, 1.54) is 18.4 Å². The minimum Gasteiger partial charge on any atom is -0.292 e. The lowest BCUT2D eigenvalue weighted by atomic mass is 9.78. The van der Waals surface area contributed by atoms with Crippen LogP contribution in [-0.2, 0) is 0 Å². The molecule has 1 aliphatic carbocycles. The third-order valence-electron chi connectivity index (χ3n) is 3.77. The van der Waals surface area contributed by atoms with Crippen LogP contribution in [0.4, 0.5) is 0 Å². The van der Waals surface area contributed by atoms with Crippen LogP contribution in [0.15, 0.2) is 36.7 Å². The molecule has 2 nitrogen and oxygen atoms in total. The summed E-state index contributed by atoms with van der Waals surface area (Å²) in [6.07, 6.45) is 11.3. The molecule has 0 aromatic carbocycles. The van der Waals surface area contributed by atoms with Crippen molar-refractivity contribution in [2.75, 3.05) is 7.05 Å². The van der Waals surface area contributed by atoms with Crippen LogP contribution in [-0.4, -0.2) is 23.0 Å². The third kappa shape index (κ3) is 1.40. The van der Waals surface area contributed by atoms with Crippen molar-refractivity contribution >= 4 is 0 Å². The Kier molecular flexibility index (Phi) is 2.10. The van der Waals surface area contributed by atoms with Crippen LogP contribution in [0.1, 0.15) is 24.4 Å². The fraction of sp³-hybridized carbons (Fsp3) is 0.462. The van der Waals surface area contributed by atoms with Gasteiger partial charge in [0.1, 0.15) is 0 Å². The lowest BCUT2D eigenvalue weighted by Gasteiger charge is -2.46. The van der Waals surface area contributed by atoms with Crippen molar-refractivity contribution in [3.05, 3.63) is 42.2 Å². The number of piperidine rings is 1. The van der Waals surface area contributed by atoms with Gasteiger partial charge >= 0.3 is 0 Å². The Balaban J connectivity index is 1.97. The number of hydrogen-bond donors (Lipinski definition) is 0. The highest BCUT2D eigenvalue weighted by molar-refractivity contribution is 5.23. The lowest BCUT2D eigenvalue weighted by molar-refractivity contribution is 0.0923. The van der Waals surface area contributed by atoms with Gasteiger partial charge in [0, 0.05) is 24.5 Å². The summed E-state index contributed by atoms with van der Waals surface area (Å²) in [5, 5.41) is 0. The number of aromatic nitrogens is 1. The largest absolute Gasteiger partial charge is 0.292 e. The average molecular weight is 200 g/mol. The van der Waals surface area contributed by atoms with E-state index < -0.39 is 0 Å². The Bertz CT molecular complexity index is 371. The minimum atomic E-state index is 0.544. The van der Waals surface area contributed by atoms with Crippen LogP contribution >= 0.6 is 0 Å². The van der Waals surface area contributed by atoms with Crippen molar-refractivity contribution in [2.45, 2.75) is 24.9 Å². The predicted octanol–water partition coefficient (Wildman–Crippen LogP) is 2.40. The van der Waals surface area contributed by atoms with Crippen molar-refractivity contribution in [2.24, 2.45) is 5.92 Å². The van der Waals surface area contributed by atoms with E-state index in [-0.39, 0.29) is 0 Å². The van der Waals surface area contributed by atoms with Crippen LogP contribution in [0, 0.1) is 5.92 Å². The first kappa shape index (κ1) is 9.10. The molecule has 0 N–H and O–H groups in total. The summed E-state index contributed by atoms with van der Waals surface area (Å²) in [7, 11) is 2.23. The van der Waals surface area contributed by atoms with Crippen molar-refractivity contribution in [3.63, 3.8) is 0 Å². The molecule has 0 saturated carbocycles. The van der Waals surface area contributed by atoms with E-state index in [0.29, 0.717) is 18.0 Å². The Morgan fingerprint density at radius 2 is 2.27 bits per heavy atom. The Hall–Kier alpha value is -1.15. The maximum atomic E-state index is 4.23. The standard InChI is InChI=1S/C13H16N2/c1-15-12-6-4-10(5-7-12)13(15)11-3-2-8-14-9-11/h2-4,6,8-10,12-13H,5,7H2,1H3. The van der Waals surface area contributed by atoms with E-state index in [2.05, 4.69) is 35.1 Å². The molecule has 3 aliphatic rings. The summed E-state index contributed by atoms with van der Waals surface area (Å²) in [5.41, 5.74) is 1.36. The molecule has 3 heterocycles. The zero-order chi connectivity index (χ0) is 10.3. The van der Waals surface area contributed by atoms with Crippen molar-refractivity contribution in [1.29, 1.82) is 0 Å². The number of pyridine rings is 1. The molecule has 4 rings (SSSR count). The van der Waals surface area contributed by atoms with Gasteiger partial charge in [-0.25, -0.2) is 0 Å². The van der Waals surface area contributed by atoms with Gasteiger partial charge in [0.2, 0.25) is 0 Å². The van der Waals surface area contributed by atoms with E-state index >= 15 is 0 Å². The van der Waals surface area contributed by atoms with Crippen LogP contribution in [0.3, 0.4) is 0 Å². The lowest BCUT2D eigenvalue weighted by Crippen LogP contribution is -2.44. The van der Waals surface area contributed by atoms with E-state index in [1.807, 2.05) is 18.5 Å². The second-order valence-electron chi connectivity index (χ2n) is 4.59. The summed E-state index contributed by atoms with van der Waals surface area (Å²) in [4.78, 5) is 6.72. The SMILES string of the molecule is CN1C2C=CC(CC2)C1c1cccnc1. The molecule has 0 spiro atoms. The maximum absolute atomic E-state index is 4.23. The molecule has 3 unspecified atom stereocenters. The van der Waals surface area contributed by atoms with Gasteiger partial charge in [0.15, 0.2) is 0 Å². The smallest absolute Gasteiger partial charge is 0.0428 e. The summed E-state index contributed by atoms with van der Waals surface area (Å²) < 4.78 is 0. The first-order valence-corrected chi connectivity index (χ1v) is 5.66. The van der Waals surface area contributed by atoms with Gasteiger partial charge in [-0.15, -0.1) is 0 Å². The quantitative estimate of drug-likeness (QED) is 0.647. The van der Waals surface area contributed by atoms with Gasteiger partial charge in [0.05, 0.1) is 0 Å². The van der Waals surface area contributed by atoms with Gasteiger partial charge in [-0.2, -0.15) is 0 Å². The molecule has 3 atom stereocenters. The summed E-state index contributed by atoms with van der Waals surface area (Å²) >= 11 is 0. The maximum Gasteiger partial charge on any atom is 0.0428 e. The Morgan fingerprint density at radius 1 is 1.33 bits per heavy atom. The highest BCUT2D eigenvalue weighted by Crippen LogP contribution is 2.42. The Morgan fingerprint density at radius 3 is 2.87 bits per heavy atom. The predicted molar refractivity (Wildman–Crippen MR) is 60.4 cm³/mol. The number of nitrogens with zero attached hydrogens (tertiary/aromatic N) is 2. The molecule has 1 aromatic heterocycles. The van der Waals surface area contributed by atoms with E-state index in [0.717, 1.165) is 0 Å². The average Bonchev–Trinajstić information content (AvgIpc) is 2.31. The molecule has 1 saturated heterocycles. The van der Waals surface area contributed by atoms with Crippen LogP contribution in [0.2, 0.25) is 0 Å². The first-order valence-electron chi connectivity index (χ1n) is 5.66. The molecule has 0 amide bonds. The van der Waals surface area contributed by atoms with Crippen LogP contribution < -0.4 is 0 Å². The van der Waals surface area contributed by atoms with E-state index in [1.54, 1.807) is 0 Å². The normalized spacial score (nSPS) is 34.6. The molecule has 0 radical (unpaired) electrons. The highest BCUT2D eigenvalue weighted by atomic mass is 15.2. The fourth-order valence-electron chi connectivity index (χ4n) is 2.97. The monoisotopic (exact) mass is 200 g/mol. The van der Waals surface area contributed by atoms with Crippen LogP contribution in [0.5, 0.6) is 0 Å². The molecule has 2 aliphatic heterocycles. The zero-order valence-electron chi connectivity index (χ0n) is 9.00. The first-order chi connectivity index (χ1) is 7.36. The summed E-state index contributed by atoms with van der Waals surface area (Å²) in [6, 6.07) is 5.42. The molecule has 78 valence electrons. The number of rotatable bonds is 1. The van der Waals surface area contributed by atoms with E-state index in [9.17, 15) is 0 Å². The van der Waals surface area contributed by atoms with Crippen molar-refractivity contribution in [3.8, 4) is 0 Å². The number of fused-ring (bicyclic) bond motifs is 2. The zero-order valence-corrected chi connectivity index (χ0v) is 9.00. The molecular weight excluding hydrogens is 184 g/mol. The third-order valence-corrected chi connectivity index (χ3v) is 3.77. The minimum absolute atomic E-state index is 0.544. The summed E-state index contributed by atoms with van der Waals surface area (Å²) in [6.45, 7) is 0. The topological polar surface area (TPSA) is 16.1 Å². The van der Waals surface area contributed by atoms with E-state index in [4.69, 9.17) is 0 Å². The molecule has 1 aromatic rings. The highest BCUT2D eigenvalue weighted by Gasteiger charge is 2.36. The Labute approximate surface area is 90.6 Å². The molecule has 15 heavy (non-hydrogen) atoms. The van der Waals surface area contributed by atoms with Crippen LogP contribution in [0.25, 0.3) is 0 Å². The van der Waals surface area contributed by atoms with Gasteiger partial charge in [-0.1, -0.05) is 18.2 Å². The number of likely N-dealkylation sites (N-methyl/N-ethyl adjacent to an activating group) is 1. The van der Waals surface area contributed by atoms with Gasteiger partial charge < -0.3 is 0 Å². The molecule has 1 fully saturated rings. The summed E-state index contributed by atoms with van der Waals surface area (Å²) in [5.74, 6) is 0.684.